The van der Waals surface area contributed by atoms with Crippen LogP contribution in [0.1, 0.15) is 36.6 Å². The Morgan fingerprint density at radius 3 is 2.61 bits per heavy atom. The lowest BCUT2D eigenvalue weighted by molar-refractivity contribution is 0.205. The molecule has 10 heteroatoms. The van der Waals surface area contributed by atoms with Gasteiger partial charge in [0, 0.05) is 38.6 Å². The summed E-state index contributed by atoms with van der Waals surface area (Å²) in [5.74, 6) is 0.604. The lowest BCUT2D eigenvalue weighted by Crippen LogP contribution is -2.26. The molecular weight excluding hydrogens is 456 g/mol. The maximum atomic E-state index is 11.0. The Morgan fingerprint density at radius 1 is 1.22 bits per heavy atom. The standard InChI is InChI=1S/C26H32N8O2/c1-8-33(11-12-36-7)20-9-10-21(16(2)13-20)28-25-23(18(4)27-15-35)31-34-19(5)24(29-26(25)34)22-14-17(3)32(6)30-22/h9-10,13-14,18H,8,11-12H2,1-7H3. The van der Waals surface area contributed by atoms with Crippen molar-refractivity contribution < 1.29 is 9.53 Å². The van der Waals surface area contributed by atoms with Gasteiger partial charge in [-0.25, -0.2) is 19.4 Å². The van der Waals surface area contributed by atoms with Crippen LogP contribution in [-0.2, 0) is 16.6 Å². The number of fused-ring (bicyclic) bond motifs is 1. The number of aliphatic imine (C=N–C) groups is 2. The molecule has 0 saturated heterocycles. The smallest absolute Gasteiger partial charge is 0.235 e. The molecule has 1 aromatic carbocycles. The SMILES string of the molecule is CCN(CCOC)c1ccc(N=C2C(C(C)N=C=O)=Nn3c2nc(-c2cc(C)n(C)n2)c3C)c(C)c1. The van der Waals surface area contributed by atoms with E-state index in [-0.39, 0.29) is 0 Å². The number of hydrogen-bond donors (Lipinski definition) is 0. The number of likely N-dealkylation sites (N-methyl/N-ethyl adjacent to an activating group) is 1. The van der Waals surface area contributed by atoms with Gasteiger partial charge in [0.2, 0.25) is 6.08 Å². The summed E-state index contributed by atoms with van der Waals surface area (Å²) in [5.41, 5.74) is 7.50. The molecule has 0 radical (unpaired) electrons. The third-order valence-corrected chi connectivity index (χ3v) is 6.46. The predicted octanol–water partition coefficient (Wildman–Crippen LogP) is 3.74. The van der Waals surface area contributed by atoms with Gasteiger partial charge >= 0.3 is 0 Å². The van der Waals surface area contributed by atoms with Crippen molar-refractivity contribution in [3.63, 3.8) is 0 Å². The maximum Gasteiger partial charge on any atom is 0.235 e. The molecule has 1 aliphatic rings. The fourth-order valence-electron chi connectivity index (χ4n) is 4.24. The molecule has 0 amide bonds. The first-order chi connectivity index (χ1) is 17.3. The second kappa shape index (κ2) is 10.4. The van der Waals surface area contributed by atoms with Crippen molar-refractivity contribution in [3.8, 4) is 11.4 Å². The van der Waals surface area contributed by atoms with E-state index in [2.05, 4.69) is 34.0 Å². The number of isocyanates is 1. The zero-order valence-corrected chi connectivity index (χ0v) is 21.9. The molecule has 188 valence electrons. The summed E-state index contributed by atoms with van der Waals surface area (Å²) >= 11 is 0. The van der Waals surface area contributed by atoms with Crippen LogP contribution in [0.3, 0.4) is 0 Å². The summed E-state index contributed by atoms with van der Waals surface area (Å²) in [6.45, 7) is 12.3. The molecule has 0 aliphatic carbocycles. The number of rotatable bonds is 9. The highest BCUT2D eigenvalue weighted by Gasteiger charge is 2.32. The van der Waals surface area contributed by atoms with E-state index in [9.17, 15) is 4.79 Å². The van der Waals surface area contributed by atoms with Gasteiger partial charge < -0.3 is 9.64 Å². The Hall–Kier alpha value is -3.88. The van der Waals surface area contributed by atoms with E-state index in [0.29, 0.717) is 23.9 Å². The molecule has 0 spiro atoms. The predicted molar refractivity (Wildman–Crippen MR) is 141 cm³/mol. The number of nitrogens with zero attached hydrogens (tertiary/aromatic N) is 8. The summed E-state index contributed by atoms with van der Waals surface area (Å²) in [4.78, 5) is 27.0. The monoisotopic (exact) mass is 488 g/mol. The summed E-state index contributed by atoms with van der Waals surface area (Å²) in [6.07, 6.45) is 1.64. The van der Waals surface area contributed by atoms with Gasteiger partial charge in [-0.3, -0.25) is 4.68 Å². The normalized spacial score (nSPS) is 14.5. The van der Waals surface area contributed by atoms with E-state index < -0.39 is 6.04 Å². The number of anilines is 1. The topological polar surface area (TPSA) is 102 Å². The lowest BCUT2D eigenvalue weighted by atomic mass is 10.1. The van der Waals surface area contributed by atoms with Crippen LogP contribution >= 0.6 is 0 Å². The largest absolute Gasteiger partial charge is 0.383 e. The lowest BCUT2D eigenvalue weighted by Gasteiger charge is -2.23. The second-order valence-electron chi connectivity index (χ2n) is 8.86. The van der Waals surface area contributed by atoms with Crippen molar-refractivity contribution >= 4 is 28.9 Å². The van der Waals surface area contributed by atoms with Crippen molar-refractivity contribution in [2.75, 3.05) is 31.7 Å². The first kappa shape index (κ1) is 25.2. The van der Waals surface area contributed by atoms with Crippen LogP contribution < -0.4 is 4.90 Å². The fourth-order valence-corrected chi connectivity index (χ4v) is 4.24. The number of aromatic nitrogens is 4. The Morgan fingerprint density at radius 2 is 2.00 bits per heavy atom. The van der Waals surface area contributed by atoms with Gasteiger partial charge in [0.05, 0.1) is 18.0 Å². The number of benzene rings is 1. The van der Waals surface area contributed by atoms with E-state index in [4.69, 9.17) is 19.8 Å². The highest BCUT2D eigenvalue weighted by molar-refractivity contribution is 6.51. The Bertz CT molecular complexity index is 1370. The molecule has 0 bridgehead atoms. The van der Waals surface area contributed by atoms with E-state index in [1.165, 1.54) is 0 Å². The van der Waals surface area contributed by atoms with Gasteiger partial charge in [-0.2, -0.15) is 15.2 Å². The Balaban J connectivity index is 1.79. The molecule has 36 heavy (non-hydrogen) atoms. The summed E-state index contributed by atoms with van der Waals surface area (Å²) < 4.78 is 8.83. The zero-order chi connectivity index (χ0) is 26.0. The van der Waals surface area contributed by atoms with Crippen molar-refractivity contribution in [3.05, 3.63) is 47.0 Å². The minimum atomic E-state index is -0.507. The molecule has 4 rings (SSSR count). The molecule has 3 heterocycles. The number of carbonyl (C=O) groups excluding carboxylic acids is 1. The molecule has 0 saturated carbocycles. The fraction of sp³-hybridized carbons (Fsp3) is 0.423. The van der Waals surface area contributed by atoms with E-state index in [0.717, 1.165) is 52.8 Å². The van der Waals surface area contributed by atoms with E-state index in [1.807, 2.05) is 44.6 Å². The van der Waals surface area contributed by atoms with Gasteiger partial charge in [-0.05, 0) is 64.4 Å². The number of imidazole rings is 1. The number of methoxy groups -OCH3 is 1. The van der Waals surface area contributed by atoms with Gasteiger partial charge in [0.1, 0.15) is 28.9 Å². The minimum Gasteiger partial charge on any atom is -0.383 e. The van der Waals surface area contributed by atoms with Crippen LogP contribution in [0.2, 0.25) is 0 Å². The van der Waals surface area contributed by atoms with Crippen LogP contribution in [0.15, 0.2) is 39.4 Å². The van der Waals surface area contributed by atoms with Gasteiger partial charge in [0.25, 0.3) is 0 Å². The third kappa shape index (κ3) is 4.65. The van der Waals surface area contributed by atoms with Crippen molar-refractivity contribution in [1.29, 1.82) is 0 Å². The van der Waals surface area contributed by atoms with Crippen molar-refractivity contribution in [1.82, 2.24) is 19.4 Å². The second-order valence-corrected chi connectivity index (χ2v) is 8.86. The van der Waals surface area contributed by atoms with Crippen LogP contribution in [0, 0.1) is 20.8 Å². The van der Waals surface area contributed by atoms with Gasteiger partial charge in [0.15, 0.2) is 5.82 Å². The average Bonchev–Trinajstić information content (AvgIpc) is 3.48. The summed E-state index contributed by atoms with van der Waals surface area (Å²) in [5, 5.41) is 9.34. The first-order valence-electron chi connectivity index (χ1n) is 12.0. The first-order valence-corrected chi connectivity index (χ1v) is 12.0. The Labute approximate surface area is 211 Å². The molecule has 1 aliphatic heterocycles. The zero-order valence-electron chi connectivity index (χ0n) is 21.9. The van der Waals surface area contributed by atoms with Crippen molar-refractivity contribution in [2.24, 2.45) is 22.1 Å². The maximum absolute atomic E-state index is 11.0. The van der Waals surface area contributed by atoms with E-state index >= 15 is 0 Å². The minimum absolute atomic E-state index is 0.507. The molecule has 1 atom stereocenters. The molecule has 0 fully saturated rings. The molecule has 10 nitrogen and oxygen atoms in total. The highest BCUT2D eigenvalue weighted by atomic mass is 16.5. The summed E-state index contributed by atoms with van der Waals surface area (Å²) in [6, 6.07) is 7.67. The van der Waals surface area contributed by atoms with Gasteiger partial charge in [-0.1, -0.05) is 0 Å². The summed E-state index contributed by atoms with van der Waals surface area (Å²) in [7, 11) is 3.61. The van der Waals surface area contributed by atoms with Crippen molar-refractivity contribution in [2.45, 2.75) is 40.7 Å². The highest BCUT2D eigenvalue weighted by Crippen LogP contribution is 2.30. The molecule has 2 aromatic heterocycles. The average molecular weight is 489 g/mol. The molecular formula is C26H32N8O2. The van der Waals surface area contributed by atoms with Gasteiger partial charge in [-0.15, -0.1) is 0 Å². The van der Waals surface area contributed by atoms with Crippen LogP contribution in [0.4, 0.5) is 11.4 Å². The number of ether oxygens (including phenoxy) is 1. The van der Waals surface area contributed by atoms with Crippen LogP contribution in [0.5, 0.6) is 0 Å². The quantitative estimate of drug-likeness (QED) is 0.337. The number of hydrogen-bond acceptors (Lipinski definition) is 8. The molecule has 3 aromatic rings. The third-order valence-electron chi connectivity index (χ3n) is 6.46. The number of aryl methyl sites for hydroxylation is 3. The van der Waals surface area contributed by atoms with E-state index in [1.54, 1.807) is 24.8 Å². The molecule has 0 N–H and O–H groups in total. The van der Waals surface area contributed by atoms with Crippen LogP contribution in [-0.4, -0.2) is 69.8 Å². The molecule has 1 unspecified atom stereocenters. The Kier molecular flexibility index (Phi) is 7.28. The van der Waals surface area contributed by atoms with Crippen LogP contribution in [0.25, 0.3) is 11.4 Å².